The molecule has 2 rings (SSSR count). The molecule has 0 aliphatic rings. The van der Waals surface area contributed by atoms with Gasteiger partial charge in [0.1, 0.15) is 23.7 Å². The summed E-state index contributed by atoms with van der Waals surface area (Å²) in [5.41, 5.74) is 0.880. The molecule has 5 nitrogen and oxygen atoms in total. The van der Waals surface area contributed by atoms with Crippen molar-refractivity contribution in [1.29, 1.82) is 0 Å². The molecule has 0 radical (unpaired) electrons. The van der Waals surface area contributed by atoms with Gasteiger partial charge >= 0.3 is 0 Å². The zero-order chi connectivity index (χ0) is 16.5. The SMILES string of the molecule is CCCCNc1cc(C(=O)NCCc2ccccc2F)ncn1. The van der Waals surface area contributed by atoms with E-state index in [0.29, 0.717) is 30.0 Å². The average Bonchev–Trinajstić information content (AvgIpc) is 2.57. The van der Waals surface area contributed by atoms with Gasteiger partial charge in [-0.2, -0.15) is 0 Å². The van der Waals surface area contributed by atoms with Gasteiger partial charge in [-0.3, -0.25) is 4.79 Å². The van der Waals surface area contributed by atoms with Crippen LogP contribution < -0.4 is 10.6 Å². The molecule has 1 aromatic heterocycles. The lowest BCUT2D eigenvalue weighted by atomic mass is 10.1. The van der Waals surface area contributed by atoms with E-state index < -0.39 is 0 Å². The Morgan fingerprint density at radius 2 is 2.04 bits per heavy atom. The summed E-state index contributed by atoms with van der Waals surface area (Å²) in [6, 6.07) is 8.16. The van der Waals surface area contributed by atoms with Gasteiger partial charge in [0.05, 0.1) is 0 Å². The molecule has 0 unspecified atom stereocenters. The first-order valence-corrected chi connectivity index (χ1v) is 7.78. The van der Waals surface area contributed by atoms with Gasteiger partial charge in [-0.05, 0) is 24.5 Å². The molecule has 1 heterocycles. The quantitative estimate of drug-likeness (QED) is 0.735. The molecule has 0 bridgehead atoms. The highest BCUT2D eigenvalue weighted by molar-refractivity contribution is 5.92. The fraction of sp³-hybridized carbons (Fsp3) is 0.353. The summed E-state index contributed by atoms with van der Waals surface area (Å²) in [7, 11) is 0. The molecule has 0 saturated carbocycles. The van der Waals surface area contributed by atoms with Gasteiger partial charge in [0.25, 0.3) is 5.91 Å². The van der Waals surface area contributed by atoms with Crippen LogP contribution in [0.2, 0.25) is 0 Å². The van der Waals surface area contributed by atoms with Crippen LogP contribution in [0.4, 0.5) is 10.2 Å². The largest absolute Gasteiger partial charge is 0.370 e. The predicted octanol–water partition coefficient (Wildman–Crippen LogP) is 2.80. The minimum absolute atomic E-state index is 0.258. The van der Waals surface area contributed by atoms with Crippen molar-refractivity contribution in [2.45, 2.75) is 26.2 Å². The van der Waals surface area contributed by atoms with Gasteiger partial charge in [-0.25, -0.2) is 14.4 Å². The Labute approximate surface area is 135 Å². The summed E-state index contributed by atoms with van der Waals surface area (Å²) in [6.45, 7) is 3.26. The number of hydrogen-bond donors (Lipinski definition) is 2. The standard InChI is InChI=1S/C17H21FN4O/c1-2-3-9-19-16-11-15(21-12-22-16)17(23)20-10-8-13-6-4-5-7-14(13)18/h4-7,11-12H,2-3,8-10H2,1H3,(H,20,23)(H,19,21,22). The summed E-state index contributed by atoms with van der Waals surface area (Å²) >= 11 is 0. The number of aromatic nitrogens is 2. The summed E-state index contributed by atoms with van der Waals surface area (Å²) in [6.07, 6.45) is 3.92. The lowest BCUT2D eigenvalue weighted by molar-refractivity contribution is 0.0949. The van der Waals surface area contributed by atoms with Crippen molar-refractivity contribution in [1.82, 2.24) is 15.3 Å². The first-order valence-electron chi connectivity index (χ1n) is 7.78. The van der Waals surface area contributed by atoms with Crippen LogP contribution in [0.1, 0.15) is 35.8 Å². The highest BCUT2D eigenvalue weighted by Crippen LogP contribution is 2.07. The summed E-state index contributed by atoms with van der Waals surface area (Å²) in [5.74, 6) is 0.0844. The molecule has 0 aliphatic heterocycles. The van der Waals surface area contributed by atoms with Gasteiger partial charge in [0, 0.05) is 19.2 Å². The van der Waals surface area contributed by atoms with E-state index in [2.05, 4.69) is 27.5 Å². The molecule has 122 valence electrons. The summed E-state index contributed by atoms with van der Waals surface area (Å²) in [4.78, 5) is 20.1. The van der Waals surface area contributed by atoms with Crippen LogP contribution in [0.15, 0.2) is 36.7 Å². The maximum atomic E-state index is 13.5. The highest BCUT2D eigenvalue weighted by Gasteiger charge is 2.09. The molecule has 0 fully saturated rings. The molecule has 2 N–H and O–H groups in total. The van der Waals surface area contributed by atoms with Crippen LogP contribution >= 0.6 is 0 Å². The number of unbranched alkanes of at least 4 members (excludes halogenated alkanes) is 1. The van der Waals surface area contributed by atoms with Gasteiger partial charge < -0.3 is 10.6 Å². The van der Waals surface area contributed by atoms with Crippen molar-refractivity contribution >= 4 is 11.7 Å². The number of rotatable bonds is 8. The maximum absolute atomic E-state index is 13.5. The second-order valence-electron chi connectivity index (χ2n) is 5.17. The van der Waals surface area contributed by atoms with Crippen LogP contribution in [0.5, 0.6) is 0 Å². The Balaban J connectivity index is 1.85. The van der Waals surface area contributed by atoms with E-state index >= 15 is 0 Å². The van der Waals surface area contributed by atoms with Crippen LogP contribution in [0, 0.1) is 5.82 Å². The number of benzene rings is 1. The third-order valence-electron chi connectivity index (χ3n) is 3.37. The van der Waals surface area contributed by atoms with E-state index in [0.717, 1.165) is 19.4 Å². The van der Waals surface area contributed by atoms with Gasteiger partial charge in [0.15, 0.2) is 0 Å². The van der Waals surface area contributed by atoms with E-state index in [4.69, 9.17) is 0 Å². The summed E-state index contributed by atoms with van der Waals surface area (Å²) in [5, 5.41) is 5.90. The number of carbonyl (C=O) groups excluding carboxylic acids is 1. The normalized spacial score (nSPS) is 10.3. The topological polar surface area (TPSA) is 66.9 Å². The first-order chi connectivity index (χ1) is 11.2. The third-order valence-corrected chi connectivity index (χ3v) is 3.37. The van der Waals surface area contributed by atoms with Crippen LogP contribution in [0.3, 0.4) is 0 Å². The van der Waals surface area contributed by atoms with E-state index in [1.165, 1.54) is 12.4 Å². The van der Waals surface area contributed by atoms with E-state index in [-0.39, 0.29) is 11.7 Å². The average molecular weight is 316 g/mol. The Bertz CT molecular complexity index is 648. The lowest BCUT2D eigenvalue weighted by Gasteiger charge is -2.07. The molecule has 23 heavy (non-hydrogen) atoms. The van der Waals surface area contributed by atoms with Gasteiger partial charge in [0.2, 0.25) is 0 Å². The second kappa shape index (κ2) is 8.82. The Kier molecular flexibility index (Phi) is 6.47. The minimum Gasteiger partial charge on any atom is -0.370 e. The monoisotopic (exact) mass is 316 g/mol. The fourth-order valence-electron chi connectivity index (χ4n) is 2.07. The summed E-state index contributed by atoms with van der Waals surface area (Å²) < 4.78 is 13.5. The Hall–Kier alpha value is -2.50. The Morgan fingerprint density at radius 3 is 2.83 bits per heavy atom. The van der Waals surface area contributed by atoms with Crippen molar-refractivity contribution in [3.8, 4) is 0 Å². The van der Waals surface area contributed by atoms with Crippen molar-refractivity contribution in [3.63, 3.8) is 0 Å². The maximum Gasteiger partial charge on any atom is 0.270 e. The van der Waals surface area contributed by atoms with Crippen molar-refractivity contribution in [3.05, 3.63) is 53.7 Å². The molecule has 6 heteroatoms. The zero-order valence-corrected chi connectivity index (χ0v) is 13.2. The zero-order valence-electron chi connectivity index (χ0n) is 13.2. The molecular weight excluding hydrogens is 295 g/mol. The number of nitrogens with zero attached hydrogens (tertiary/aromatic N) is 2. The predicted molar refractivity (Wildman–Crippen MR) is 87.9 cm³/mol. The van der Waals surface area contributed by atoms with Crippen molar-refractivity contribution < 1.29 is 9.18 Å². The second-order valence-corrected chi connectivity index (χ2v) is 5.17. The molecule has 1 aromatic carbocycles. The molecular formula is C17H21FN4O. The lowest BCUT2D eigenvalue weighted by Crippen LogP contribution is -2.27. The smallest absolute Gasteiger partial charge is 0.270 e. The first kappa shape index (κ1) is 16.9. The number of carbonyl (C=O) groups is 1. The van der Waals surface area contributed by atoms with E-state index in [1.54, 1.807) is 24.3 Å². The number of anilines is 1. The number of hydrogen-bond acceptors (Lipinski definition) is 4. The van der Waals surface area contributed by atoms with Crippen LogP contribution in [-0.2, 0) is 6.42 Å². The van der Waals surface area contributed by atoms with Gasteiger partial charge in [-0.1, -0.05) is 31.5 Å². The highest BCUT2D eigenvalue weighted by atomic mass is 19.1. The van der Waals surface area contributed by atoms with Crippen molar-refractivity contribution in [2.75, 3.05) is 18.4 Å². The third kappa shape index (κ3) is 5.32. The van der Waals surface area contributed by atoms with E-state index in [1.807, 2.05) is 0 Å². The van der Waals surface area contributed by atoms with Gasteiger partial charge in [-0.15, -0.1) is 0 Å². The molecule has 0 atom stereocenters. The van der Waals surface area contributed by atoms with Crippen LogP contribution in [0.25, 0.3) is 0 Å². The molecule has 0 spiro atoms. The number of nitrogens with one attached hydrogen (secondary N) is 2. The van der Waals surface area contributed by atoms with Crippen molar-refractivity contribution in [2.24, 2.45) is 0 Å². The van der Waals surface area contributed by atoms with Crippen LogP contribution in [-0.4, -0.2) is 29.0 Å². The molecule has 0 saturated heterocycles. The molecule has 2 aromatic rings. The fourth-order valence-corrected chi connectivity index (χ4v) is 2.07. The number of halogens is 1. The number of amides is 1. The minimum atomic E-state index is -0.290. The Morgan fingerprint density at radius 1 is 1.22 bits per heavy atom. The molecule has 0 aliphatic carbocycles. The molecule has 1 amide bonds. The van der Waals surface area contributed by atoms with E-state index in [9.17, 15) is 9.18 Å².